The van der Waals surface area contributed by atoms with Crippen LogP contribution >= 0.6 is 0 Å². The second-order valence-corrected chi connectivity index (χ2v) is 4.47. The monoisotopic (exact) mass is 244 g/mol. The molecule has 0 aliphatic carbocycles. The van der Waals surface area contributed by atoms with Crippen LogP contribution in [0.2, 0.25) is 0 Å². The van der Waals surface area contributed by atoms with Crippen LogP contribution in [0.5, 0.6) is 5.88 Å². The van der Waals surface area contributed by atoms with E-state index in [1.165, 1.54) is 4.68 Å². The molecule has 0 saturated carbocycles. The number of aromatic nitrogens is 3. The van der Waals surface area contributed by atoms with Crippen LogP contribution in [-0.2, 0) is 13.0 Å². The number of pyridine rings is 1. The topological polar surface area (TPSA) is 54.2 Å². The third-order valence-corrected chi connectivity index (χ3v) is 3.40. The SMILES string of the molecule is CCN1CCc2c(nn(-c3ccccn3)c2O)C1. The van der Waals surface area contributed by atoms with Gasteiger partial charge >= 0.3 is 0 Å². The van der Waals surface area contributed by atoms with Crippen molar-refractivity contribution in [1.29, 1.82) is 0 Å². The molecule has 5 nitrogen and oxygen atoms in total. The summed E-state index contributed by atoms with van der Waals surface area (Å²) in [6, 6.07) is 5.58. The molecule has 0 unspecified atom stereocenters. The molecule has 0 saturated heterocycles. The summed E-state index contributed by atoms with van der Waals surface area (Å²) in [5.74, 6) is 0.895. The Bertz CT molecular complexity index is 550. The van der Waals surface area contributed by atoms with E-state index in [1.54, 1.807) is 6.20 Å². The lowest BCUT2D eigenvalue weighted by Gasteiger charge is -2.23. The van der Waals surface area contributed by atoms with Crippen molar-refractivity contribution in [3.63, 3.8) is 0 Å². The molecule has 0 atom stereocenters. The zero-order valence-electron chi connectivity index (χ0n) is 10.4. The van der Waals surface area contributed by atoms with Crippen molar-refractivity contribution in [2.75, 3.05) is 13.1 Å². The maximum Gasteiger partial charge on any atom is 0.219 e. The van der Waals surface area contributed by atoms with Crippen LogP contribution in [0.25, 0.3) is 5.82 Å². The van der Waals surface area contributed by atoms with Gasteiger partial charge in [0.15, 0.2) is 5.82 Å². The van der Waals surface area contributed by atoms with Gasteiger partial charge in [-0.15, -0.1) is 0 Å². The summed E-state index contributed by atoms with van der Waals surface area (Å²) >= 11 is 0. The zero-order chi connectivity index (χ0) is 12.5. The van der Waals surface area contributed by atoms with Gasteiger partial charge in [-0.2, -0.15) is 9.78 Å². The fourth-order valence-corrected chi connectivity index (χ4v) is 2.34. The maximum atomic E-state index is 10.2. The highest BCUT2D eigenvalue weighted by atomic mass is 16.3. The Hall–Kier alpha value is -1.88. The zero-order valence-corrected chi connectivity index (χ0v) is 10.4. The minimum atomic E-state index is 0.236. The van der Waals surface area contributed by atoms with Gasteiger partial charge < -0.3 is 5.11 Å². The number of likely N-dealkylation sites (N-methyl/N-ethyl adjacent to an activating group) is 1. The highest BCUT2D eigenvalue weighted by molar-refractivity contribution is 5.38. The van der Waals surface area contributed by atoms with Gasteiger partial charge in [0.25, 0.3) is 0 Å². The Morgan fingerprint density at radius 3 is 3.00 bits per heavy atom. The lowest BCUT2D eigenvalue weighted by atomic mass is 10.1. The molecule has 3 heterocycles. The summed E-state index contributed by atoms with van der Waals surface area (Å²) in [4.78, 5) is 6.54. The van der Waals surface area contributed by atoms with Crippen molar-refractivity contribution in [2.24, 2.45) is 0 Å². The summed E-state index contributed by atoms with van der Waals surface area (Å²) in [6.45, 7) is 4.93. The first-order valence-corrected chi connectivity index (χ1v) is 6.23. The van der Waals surface area contributed by atoms with E-state index in [9.17, 15) is 5.11 Å². The summed E-state index contributed by atoms with van der Waals surface area (Å²) in [7, 11) is 0. The fraction of sp³-hybridized carbons (Fsp3) is 0.385. The van der Waals surface area contributed by atoms with Gasteiger partial charge in [-0.05, 0) is 25.1 Å². The molecule has 2 aromatic rings. The average molecular weight is 244 g/mol. The molecule has 18 heavy (non-hydrogen) atoms. The molecule has 2 aromatic heterocycles. The number of rotatable bonds is 2. The third-order valence-electron chi connectivity index (χ3n) is 3.40. The van der Waals surface area contributed by atoms with E-state index in [0.29, 0.717) is 5.82 Å². The van der Waals surface area contributed by atoms with Crippen LogP contribution < -0.4 is 0 Å². The van der Waals surface area contributed by atoms with Crippen LogP contribution in [0.3, 0.4) is 0 Å². The molecule has 1 N–H and O–H groups in total. The predicted octanol–water partition coefficient (Wildman–Crippen LogP) is 1.35. The third kappa shape index (κ3) is 1.76. The molecule has 3 rings (SSSR count). The molecule has 0 amide bonds. The summed E-state index contributed by atoms with van der Waals surface area (Å²) in [6.07, 6.45) is 2.55. The van der Waals surface area contributed by atoms with E-state index < -0.39 is 0 Å². The van der Waals surface area contributed by atoms with Crippen LogP contribution in [0.15, 0.2) is 24.4 Å². The molecule has 1 aliphatic rings. The van der Waals surface area contributed by atoms with Crippen molar-refractivity contribution in [2.45, 2.75) is 19.9 Å². The van der Waals surface area contributed by atoms with E-state index >= 15 is 0 Å². The molecule has 0 aromatic carbocycles. The summed E-state index contributed by atoms with van der Waals surface area (Å²) in [5.41, 5.74) is 1.93. The lowest BCUT2D eigenvalue weighted by Crippen LogP contribution is -2.29. The number of hydrogen-bond acceptors (Lipinski definition) is 4. The molecule has 0 spiro atoms. The second kappa shape index (κ2) is 4.42. The first-order chi connectivity index (χ1) is 8.79. The predicted molar refractivity (Wildman–Crippen MR) is 67.7 cm³/mol. The standard InChI is InChI=1S/C13H16N4O/c1-2-16-8-6-10-11(9-16)15-17(13(10)18)12-5-3-4-7-14-12/h3-5,7,18H,2,6,8-9H2,1H3. The van der Waals surface area contributed by atoms with Gasteiger partial charge in [0.2, 0.25) is 5.88 Å². The van der Waals surface area contributed by atoms with Gasteiger partial charge in [-0.1, -0.05) is 13.0 Å². The van der Waals surface area contributed by atoms with Crippen LogP contribution in [0, 0.1) is 0 Å². The highest BCUT2D eigenvalue weighted by Crippen LogP contribution is 2.28. The molecule has 0 radical (unpaired) electrons. The lowest BCUT2D eigenvalue weighted by molar-refractivity contribution is 0.263. The van der Waals surface area contributed by atoms with Crippen molar-refractivity contribution in [3.8, 4) is 11.7 Å². The van der Waals surface area contributed by atoms with E-state index in [4.69, 9.17) is 0 Å². The Kier molecular flexibility index (Phi) is 2.76. The average Bonchev–Trinajstić information content (AvgIpc) is 2.76. The highest BCUT2D eigenvalue weighted by Gasteiger charge is 2.24. The molecule has 0 fully saturated rings. The van der Waals surface area contributed by atoms with Gasteiger partial charge in [0, 0.05) is 24.8 Å². The summed E-state index contributed by atoms with van der Waals surface area (Å²) in [5, 5.41) is 14.7. The molecular weight excluding hydrogens is 228 g/mol. The molecule has 94 valence electrons. The van der Waals surface area contributed by atoms with Gasteiger partial charge in [-0.3, -0.25) is 4.90 Å². The Morgan fingerprint density at radius 2 is 2.28 bits per heavy atom. The van der Waals surface area contributed by atoms with Crippen molar-refractivity contribution in [3.05, 3.63) is 35.7 Å². The van der Waals surface area contributed by atoms with Gasteiger partial charge in [0.1, 0.15) is 0 Å². The number of fused-ring (bicyclic) bond motifs is 1. The maximum absolute atomic E-state index is 10.2. The quantitative estimate of drug-likeness (QED) is 0.866. The van der Waals surface area contributed by atoms with Crippen LogP contribution in [-0.4, -0.2) is 37.9 Å². The first-order valence-electron chi connectivity index (χ1n) is 6.23. The fourth-order valence-electron chi connectivity index (χ4n) is 2.34. The van der Waals surface area contributed by atoms with Crippen LogP contribution in [0.1, 0.15) is 18.2 Å². The Morgan fingerprint density at radius 1 is 1.39 bits per heavy atom. The minimum absolute atomic E-state index is 0.236. The van der Waals surface area contributed by atoms with E-state index in [2.05, 4.69) is 21.9 Å². The van der Waals surface area contributed by atoms with E-state index in [0.717, 1.165) is 37.3 Å². The molecule has 0 bridgehead atoms. The van der Waals surface area contributed by atoms with E-state index in [-0.39, 0.29) is 5.88 Å². The number of aromatic hydroxyl groups is 1. The van der Waals surface area contributed by atoms with Gasteiger partial charge in [0.05, 0.1) is 5.69 Å². The minimum Gasteiger partial charge on any atom is -0.493 e. The Balaban J connectivity index is 2.02. The summed E-state index contributed by atoms with van der Waals surface area (Å²) < 4.78 is 1.53. The number of hydrogen-bond donors (Lipinski definition) is 1. The smallest absolute Gasteiger partial charge is 0.219 e. The van der Waals surface area contributed by atoms with Gasteiger partial charge in [-0.25, -0.2) is 4.98 Å². The van der Waals surface area contributed by atoms with E-state index in [1.807, 2.05) is 18.2 Å². The van der Waals surface area contributed by atoms with Crippen LogP contribution in [0.4, 0.5) is 0 Å². The molecule has 5 heteroatoms. The van der Waals surface area contributed by atoms with Crippen molar-refractivity contribution >= 4 is 0 Å². The normalized spacial score (nSPS) is 15.6. The first kappa shape index (κ1) is 11.2. The largest absolute Gasteiger partial charge is 0.493 e. The van der Waals surface area contributed by atoms with Crippen molar-refractivity contribution in [1.82, 2.24) is 19.7 Å². The van der Waals surface area contributed by atoms with Crippen molar-refractivity contribution < 1.29 is 5.11 Å². The number of nitrogens with zero attached hydrogens (tertiary/aromatic N) is 4. The molecular formula is C13H16N4O. The second-order valence-electron chi connectivity index (χ2n) is 4.47. The Labute approximate surface area is 106 Å². The molecule has 1 aliphatic heterocycles.